The molecule has 4 fully saturated rings. The summed E-state index contributed by atoms with van der Waals surface area (Å²) in [5, 5.41) is 11.8. The van der Waals surface area contributed by atoms with Crippen LogP contribution in [-0.4, -0.2) is 47.6 Å². The topological polar surface area (TPSA) is 82.1 Å². The second kappa shape index (κ2) is 7.96. The van der Waals surface area contributed by atoms with Gasteiger partial charge >= 0.3 is 0 Å². The summed E-state index contributed by atoms with van der Waals surface area (Å²) in [4.78, 5) is 26.0. The van der Waals surface area contributed by atoms with E-state index in [0.717, 1.165) is 19.3 Å². The fourth-order valence-corrected chi connectivity index (χ4v) is 9.43. The van der Waals surface area contributed by atoms with Crippen LogP contribution in [0.2, 0.25) is 0 Å². The Balaban J connectivity index is 1.58. The summed E-state index contributed by atoms with van der Waals surface area (Å²) >= 11 is 0. The standard InChI is InChI=1S/C28H42O6/c1-7-27(32-8-2)33-15-23(31)28(34-27)17(4)12-21-19-11-16(3)20-13-18(29)9-10-25(20,5)24(19)22(30)14-26(21,28)6/h13,16-17,19,21-22,24,30H,7-12,14-15H2,1-6H3/t16-,17+,19-,21-,22-,24+,25-,26-,27?,28-/m0/s1. The minimum absolute atomic E-state index is 0.00390. The van der Waals surface area contributed by atoms with E-state index in [1.54, 1.807) is 0 Å². The Bertz CT molecular complexity index is 913. The van der Waals surface area contributed by atoms with E-state index in [9.17, 15) is 14.7 Å². The van der Waals surface area contributed by atoms with Crippen molar-refractivity contribution in [2.75, 3.05) is 13.2 Å². The molecule has 34 heavy (non-hydrogen) atoms. The lowest BCUT2D eigenvalue weighted by Crippen LogP contribution is -2.69. The van der Waals surface area contributed by atoms with E-state index in [1.807, 2.05) is 19.9 Å². The molecule has 3 saturated carbocycles. The van der Waals surface area contributed by atoms with Gasteiger partial charge in [-0.05, 0) is 73.7 Å². The third-order valence-corrected chi connectivity index (χ3v) is 10.7. The molecule has 1 spiro atoms. The van der Waals surface area contributed by atoms with Crippen LogP contribution < -0.4 is 0 Å². The summed E-state index contributed by atoms with van der Waals surface area (Å²) in [5.74, 6) is -0.0855. The molecule has 0 radical (unpaired) electrons. The highest BCUT2D eigenvalue weighted by Crippen LogP contribution is 2.71. The van der Waals surface area contributed by atoms with Crippen LogP contribution in [-0.2, 0) is 23.8 Å². The van der Waals surface area contributed by atoms with Crippen LogP contribution in [0.5, 0.6) is 0 Å². The number of allylic oxidation sites excluding steroid dienone is 1. The van der Waals surface area contributed by atoms with Gasteiger partial charge in [0.15, 0.2) is 11.6 Å². The molecule has 5 rings (SSSR count). The van der Waals surface area contributed by atoms with Crippen LogP contribution in [0.3, 0.4) is 0 Å². The summed E-state index contributed by atoms with van der Waals surface area (Å²) in [7, 11) is 0. The first-order chi connectivity index (χ1) is 16.0. The minimum Gasteiger partial charge on any atom is -0.393 e. The number of Topliss-reactive ketones (excluding diaryl/α,β-unsaturated/α-hetero) is 1. The van der Waals surface area contributed by atoms with Crippen molar-refractivity contribution in [2.45, 2.75) is 97.7 Å². The summed E-state index contributed by atoms with van der Waals surface area (Å²) < 4.78 is 18.6. The number of rotatable bonds is 3. The smallest absolute Gasteiger partial charge is 0.284 e. The third kappa shape index (κ3) is 3.01. The van der Waals surface area contributed by atoms with Gasteiger partial charge in [-0.1, -0.05) is 40.2 Å². The van der Waals surface area contributed by atoms with Crippen LogP contribution in [0, 0.1) is 40.4 Å². The SMILES string of the molecule is CCOC1(CC)OCC(=O)[C@@]2(O1)[C@H](C)C[C@H]1[C@@H]3C[C@H](C)C4=CC(=O)CC[C@]4(C)[C@H]3[C@@H](O)C[C@@]12C. The van der Waals surface area contributed by atoms with Gasteiger partial charge in [0.25, 0.3) is 5.97 Å². The van der Waals surface area contributed by atoms with Gasteiger partial charge in [-0.2, -0.15) is 0 Å². The molecule has 1 N–H and O–H groups in total. The molecule has 0 bridgehead atoms. The predicted molar refractivity (Wildman–Crippen MR) is 127 cm³/mol. The highest BCUT2D eigenvalue weighted by Gasteiger charge is 2.74. The van der Waals surface area contributed by atoms with Gasteiger partial charge in [-0.25, -0.2) is 0 Å². The number of fused-ring (bicyclic) bond motifs is 6. The predicted octanol–water partition coefficient (Wildman–Crippen LogP) is 4.44. The first kappa shape index (κ1) is 24.6. The number of ether oxygens (including phenoxy) is 3. The highest BCUT2D eigenvalue weighted by molar-refractivity contribution is 5.92. The zero-order valence-electron chi connectivity index (χ0n) is 21.7. The number of ketones is 2. The van der Waals surface area contributed by atoms with Crippen LogP contribution in [0.4, 0.5) is 0 Å². The van der Waals surface area contributed by atoms with Crippen LogP contribution in [0.25, 0.3) is 0 Å². The van der Waals surface area contributed by atoms with E-state index >= 15 is 0 Å². The number of carbonyl (C=O) groups excluding carboxylic acids is 2. The van der Waals surface area contributed by atoms with Crippen LogP contribution in [0.1, 0.15) is 80.1 Å². The van der Waals surface area contributed by atoms with Crippen molar-refractivity contribution >= 4 is 11.6 Å². The zero-order chi connectivity index (χ0) is 24.7. The fourth-order valence-electron chi connectivity index (χ4n) is 9.43. The Hall–Kier alpha value is -1.08. The Morgan fingerprint density at radius 3 is 2.59 bits per heavy atom. The molecule has 4 aliphatic carbocycles. The van der Waals surface area contributed by atoms with Gasteiger partial charge < -0.3 is 19.3 Å². The molecule has 0 aromatic heterocycles. The van der Waals surface area contributed by atoms with Crippen molar-refractivity contribution in [1.82, 2.24) is 0 Å². The Kier molecular flexibility index (Phi) is 5.76. The molecule has 6 nitrogen and oxygen atoms in total. The molecule has 5 aliphatic rings. The zero-order valence-corrected chi connectivity index (χ0v) is 21.7. The largest absolute Gasteiger partial charge is 0.393 e. The van der Waals surface area contributed by atoms with Crippen molar-refractivity contribution in [3.8, 4) is 0 Å². The maximum absolute atomic E-state index is 13.7. The van der Waals surface area contributed by atoms with E-state index in [4.69, 9.17) is 14.2 Å². The molecular weight excluding hydrogens is 432 g/mol. The second-order valence-electron chi connectivity index (χ2n) is 12.3. The molecule has 1 saturated heterocycles. The summed E-state index contributed by atoms with van der Waals surface area (Å²) in [6.45, 7) is 13.1. The fraction of sp³-hybridized carbons (Fsp3) is 0.857. The Labute approximate surface area is 203 Å². The monoisotopic (exact) mass is 474 g/mol. The van der Waals surface area contributed by atoms with Gasteiger partial charge in [0.05, 0.1) is 6.10 Å². The number of aliphatic hydroxyl groups is 1. The maximum atomic E-state index is 13.7. The van der Waals surface area contributed by atoms with Gasteiger partial charge in [0.2, 0.25) is 0 Å². The first-order valence-corrected chi connectivity index (χ1v) is 13.4. The van der Waals surface area contributed by atoms with Crippen LogP contribution >= 0.6 is 0 Å². The number of hydrogen-bond acceptors (Lipinski definition) is 6. The van der Waals surface area contributed by atoms with E-state index in [-0.39, 0.29) is 47.3 Å². The van der Waals surface area contributed by atoms with Crippen molar-refractivity contribution < 1.29 is 28.9 Å². The van der Waals surface area contributed by atoms with E-state index in [0.29, 0.717) is 31.8 Å². The summed E-state index contributed by atoms with van der Waals surface area (Å²) in [6, 6.07) is 0. The molecule has 6 heteroatoms. The third-order valence-electron chi connectivity index (χ3n) is 10.7. The lowest BCUT2D eigenvalue weighted by Gasteiger charge is -2.63. The first-order valence-electron chi connectivity index (χ1n) is 13.4. The molecule has 1 aliphatic heterocycles. The average Bonchev–Trinajstić information content (AvgIpc) is 2.99. The molecule has 0 aromatic rings. The van der Waals surface area contributed by atoms with Gasteiger partial charge in [0.1, 0.15) is 12.2 Å². The van der Waals surface area contributed by atoms with Gasteiger partial charge in [0, 0.05) is 24.9 Å². The molecule has 1 unspecified atom stereocenters. The maximum Gasteiger partial charge on any atom is 0.284 e. The molecule has 10 atom stereocenters. The average molecular weight is 475 g/mol. The van der Waals surface area contributed by atoms with Crippen molar-refractivity contribution in [3.63, 3.8) is 0 Å². The van der Waals surface area contributed by atoms with E-state index < -0.39 is 23.1 Å². The number of hydrogen-bond donors (Lipinski definition) is 1. The molecule has 190 valence electrons. The van der Waals surface area contributed by atoms with Crippen LogP contribution in [0.15, 0.2) is 11.6 Å². The molecule has 0 aromatic carbocycles. The summed E-state index contributed by atoms with van der Waals surface area (Å²) in [6.07, 6.45) is 5.53. The molecule has 1 heterocycles. The van der Waals surface area contributed by atoms with Gasteiger partial charge in [-0.15, -0.1) is 0 Å². The number of carbonyl (C=O) groups is 2. The van der Waals surface area contributed by atoms with Crippen molar-refractivity contribution in [2.24, 2.45) is 40.4 Å². The van der Waals surface area contributed by atoms with E-state index in [2.05, 4.69) is 27.7 Å². The lowest BCUT2D eigenvalue weighted by molar-refractivity contribution is -0.434. The normalized spacial score (nSPS) is 52.7. The highest BCUT2D eigenvalue weighted by atomic mass is 16.9. The Morgan fingerprint density at radius 1 is 1.18 bits per heavy atom. The quantitative estimate of drug-likeness (QED) is 0.651. The van der Waals surface area contributed by atoms with E-state index in [1.165, 1.54) is 5.57 Å². The van der Waals surface area contributed by atoms with Crippen molar-refractivity contribution in [1.29, 1.82) is 0 Å². The number of aliphatic hydroxyl groups excluding tert-OH is 1. The molecular formula is C28H42O6. The minimum atomic E-state index is -1.22. The molecule has 0 amide bonds. The van der Waals surface area contributed by atoms with Crippen molar-refractivity contribution in [3.05, 3.63) is 11.6 Å². The summed E-state index contributed by atoms with van der Waals surface area (Å²) in [5.41, 5.74) is -0.481. The van der Waals surface area contributed by atoms with Gasteiger partial charge in [-0.3, -0.25) is 9.59 Å². The second-order valence-corrected chi connectivity index (χ2v) is 12.3. The Morgan fingerprint density at radius 2 is 1.91 bits per heavy atom. The lowest BCUT2D eigenvalue weighted by atomic mass is 9.44.